The molecule has 5 nitrogen and oxygen atoms in total. The first-order chi connectivity index (χ1) is 9.69. The zero-order valence-corrected chi connectivity index (χ0v) is 11.9. The van der Waals surface area contributed by atoms with Crippen molar-refractivity contribution in [1.82, 2.24) is 4.90 Å². The molecule has 20 heavy (non-hydrogen) atoms. The van der Waals surface area contributed by atoms with Gasteiger partial charge in [-0.1, -0.05) is 12.1 Å². The van der Waals surface area contributed by atoms with Gasteiger partial charge >= 0.3 is 5.97 Å². The summed E-state index contributed by atoms with van der Waals surface area (Å²) in [5.74, 6) is -0.425. The largest absolute Gasteiger partial charge is 0.464 e. The molecule has 1 saturated heterocycles. The van der Waals surface area contributed by atoms with Gasteiger partial charge in [0, 0.05) is 19.3 Å². The number of hydrogen-bond donors (Lipinski definition) is 1. The summed E-state index contributed by atoms with van der Waals surface area (Å²) in [6, 6.07) is 6.86. The molecule has 1 aliphatic heterocycles. The predicted octanol–water partition coefficient (Wildman–Crippen LogP) is 1.90. The lowest BCUT2D eigenvalue weighted by Gasteiger charge is -2.24. The first-order valence-corrected chi connectivity index (χ1v) is 6.93. The number of anilines is 1. The maximum atomic E-state index is 12.6. The van der Waals surface area contributed by atoms with Crippen LogP contribution in [0.2, 0.25) is 0 Å². The van der Waals surface area contributed by atoms with Crippen molar-refractivity contribution in [2.24, 2.45) is 0 Å². The first kappa shape index (κ1) is 14.4. The number of benzene rings is 1. The van der Waals surface area contributed by atoms with Gasteiger partial charge in [-0.15, -0.1) is 0 Å². The second-order valence-corrected chi connectivity index (χ2v) is 4.70. The number of nitrogens with one attached hydrogen (secondary N) is 1. The van der Waals surface area contributed by atoms with Crippen LogP contribution < -0.4 is 5.32 Å². The Balaban J connectivity index is 2.21. The van der Waals surface area contributed by atoms with Crippen molar-refractivity contribution in [2.45, 2.75) is 25.8 Å². The number of esters is 1. The molecule has 0 aliphatic carbocycles. The quantitative estimate of drug-likeness (QED) is 0.853. The fourth-order valence-electron chi connectivity index (χ4n) is 2.54. The van der Waals surface area contributed by atoms with Gasteiger partial charge in [0.1, 0.15) is 6.04 Å². The minimum Gasteiger partial charge on any atom is -0.464 e. The summed E-state index contributed by atoms with van der Waals surface area (Å²) in [5.41, 5.74) is 1.36. The van der Waals surface area contributed by atoms with Gasteiger partial charge in [0.15, 0.2) is 0 Å². The molecule has 1 aromatic rings. The van der Waals surface area contributed by atoms with Gasteiger partial charge in [-0.25, -0.2) is 4.79 Å². The molecular formula is C15H20N2O3. The minimum absolute atomic E-state index is 0.120. The molecule has 1 atom stereocenters. The van der Waals surface area contributed by atoms with Crippen LogP contribution in [0.25, 0.3) is 0 Å². The van der Waals surface area contributed by atoms with Crippen LogP contribution >= 0.6 is 0 Å². The molecule has 0 spiro atoms. The molecule has 1 fully saturated rings. The van der Waals surface area contributed by atoms with Crippen LogP contribution in [-0.4, -0.2) is 43.0 Å². The molecule has 0 radical (unpaired) electrons. The number of carbonyl (C=O) groups is 2. The van der Waals surface area contributed by atoms with Crippen molar-refractivity contribution in [3.8, 4) is 0 Å². The monoisotopic (exact) mass is 276 g/mol. The van der Waals surface area contributed by atoms with E-state index in [9.17, 15) is 9.59 Å². The zero-order chi connectivity index (χ0) is 14.5. The van der Waals surface area contributed by atoms with Crippen molar-refractivity contribution in [2.75, 3.05) is 25.5 Å². The van der Waals surface area contributed by atoms with E-state index in [4.69, 9.17) is 4.74 Å². The van der Waals surface area contributed by atoms with E-state index in [0.717, 1.165) is 12.1 Å². The average molecular weight is 276 g/mol. The SMILES string of the molecule is CCOC(=O)C1CCCN1C(=O)c1ccccc1NC. The number of amides is 1. The summed E-state index contributed by atoms with van der Waals surface area (Å²) < 4.78 is 5.05. The molecular weight excluding hydrogens is 256 g/mol. The van der Waals surface area contributed by atoms with E-state index in [1.54, 1.807) is 24.9 Å². The second kappa shape index (κ2) is 6.41. The number of rotatable bonds is 4. The number of hydrogen-bond acceptors (Lipinski definition) is 4. The van der Waals surface area contributed by atoms with Gasteiger partial charge in [0.2, 0.25) is 0 Å². The van der Waals surface area contributed by atoms with Gasteiger partial charge in [0.05, 0.1) is 12.2 Å². The Bertz CT molecular complexity index is 502. The summed E-state index contributed by atoms with van der Waals surface area (Å²) in [4.78, 5) is 26.2. The molecule has 0 saturated carbocycles. The van der Waals surface area contributed by atoms with E-state index in [1.807, 2.05) is 18.2 Å². The van der Waals surface area contributed by atoms with Crippen molar-refractivity contribution < 1.29 is 14.3 Å². The maximum Gasteiger partial charge on any atom is 0.328 e. The Morgan fingerprint density at radius 1 is 1.40 bits per heavy atom. The molecule has 1 unspecified atom stereocenters. The van der Waals surface area contributed by atoms with Crippen LogP contribution in [0.3, 0.4) is 0 Å². The lowest BCUT2D eigenvalue weighted by molar-refractivity contribution is -0.147. The normalized spacial score (nSPS) is 17.9. The predicted molar refractivity (Wildman–Crippen MR) is 76.7 cm³/mol. The van der Waals surface area contributed by atoms with Crippen molar-refractivity contribution in [3.63, 3.8) is 0 Å². The van der Waals surface area contributed by atoms with Gasteiger partial charge in [0.25, 0.3) is 5.91 Å². The number of likely N-dealkylation sites (tertiary alicyclic amines) is 1. The van der Waals surface area contributed by atoms with Crippen molar-refractivity contribution in [3.05, 3.63) is 29.8 Å². The van der Waals surface area contributed by atoms with Crippen molar-refractivity contribution in [1.29, 1.82) is 0 Å². The van der Waals surface area contributed by atoms with E-state index < -0.39 is 6.04 Å². The van der Waals surface area contributed by atoms with E-state index in [2.05, 4.69) is 5.32 Å². The lowest BCUT2D eigenvalue weighted by Crippen LogP contribution is -2.41. The smallest absolute Gasteiger partial charge is 0.328 e. The van der Waals surface area contributed by atoms with Crippen LogP contribution in [0.15, 0.2) is 24.3 Å². The number of para-hydroxylation sites is 1. The fourth-order valence-corrected chi connectivity index (χ4v) is 2.54. The standard InChI is InChI=1S/C15H20N2O3/c1-3-20-15(19)13-9-6-10-17(13)14(18)11-7-4-5-8-12(11)16-2/h4-5,7-8,13,16H,3,6,9-10H2,1-2H3. The molecule has 1 N–H and O–H groups in total. The fraction of sp³-hybridized carbons (Fsp3) is 0.467. The summed E-state index contributed by atoms with van der Waals surface area (Å²) in [7, 11) is 1.78. The highest BCUT2D eigenvalue weighted by molar-refractivity contribution is 6.01. The molecule has 0 bridgehead atoms. The topological polar surface area (TPSA) is 58.6 Å². The van der Waals surface area contributed by atoms with Gasteiger partial charge < -0.3 is 15.0 Å². The molecule has 1 heterocycles. The zero-order valence-electron chi connectivity index (χ0n) is 11.9. The molecule has 1 amide bonds. The number of ether oxygens (including phenoxy) is 1. The molecule has 1 aromatic carbocycles. The lowest BCUT2D eigenvalue weighted by atomic mass is 10.1. The third-order valence-corrected chi connectivity index (χ3v) is 3.50. The van der Waals surface area contributed by atoms with Crippen molar-refractivity contribution >= 4 is 17.6 Å². The Hall–Kier alpha value is -2.04. The highest BCUT2D eigenvalue weighted by atomic mass is 16.5. The third-order valence-electron chi connectivity index (χ3n) is 3.50. The molecule has 0 aromatic heterocycles. The van der Waals surface area contributed by atoms with E-state index in [0.29, 0.717) is 25.1 Å². The summed E-state index contributed by atoms with van der Waals surface area (Å²) in [6.07, 6.45) is 1.50. The first-order valence-electron chi connectivity index (χ1n) is 6.93. The molecule has 5 heteroatoms. The van der Waals surface area contributed by atoms with Crippen LogP contribution in [0.5, 0.6) is 0 Å². The Kier molecular flexibility index (Phi) is 4.61. The highest BCUT2D eigenvalue weighted by Crippen LogP contribution is 2.24. The number of nitrogens with zero attached hydrogens (tertiary/aromatic N) is 1. The van der Waals surface area contributed by atoms with Gasteiger partial charge in [-0.3, -0.25) is 4.79 Å². The second-order valence-electron chi connectivity index (χ2n) is 4.70. The summed E-state index contributed by atoms with van der Waals surface area (Å²) >= 11 is 0. The van der Waals surface area contributed by atoms with Crippen LogP contribution in [-0.2, 0) is 9.53 Å². The summed E-state index contributed by atoms with van der Waals surface area (Å²) in [5, 5.41) is 3.01. The molecule has 2 rings (SSSR count). The maximum absolute atomic E-state index is 12.6. The van der Waals surface area contributed by atoms with E-state index in [1.165, 1.54) is 0 Å². The Morgan fingerprint density at radius 2 is 2.15 bits per heavy atom. The minimum atomic E-state index is -0.452. The van der Waals surface area contributed by atoms with E-state index in [-0.39, 0.29) is 11.9 Å². The Labute approximate surface area is 118 Å². The van der Waals surface area contributed by atoms with Gasteiger partial charge in [-0.2, -0.15) is 0 Å². The van der Waals surface area contributed by atoms with E-state index >= 15 is 0 Å². The average Bonchev–Trinajstić information content (AvgIpc) is 2.96. The van der Waals surface area contributed by atoms with Crippen LogP contribution in [0.1, 0.15) is 30.1 Å². The highest BCUT2D eigenvalue weighted by Gasteiger charge is 2.36. The molecule has 1 aliphatic rings. The number of carbonyl (C=O) groups excluding carboxylic acids is 2. The van der Waals surface area contributed by atoms with Crippen LogP contribution in [0, 0.1) is 0 Å². The molecule has 108 valence electrons. The summed E-state index contributed by atoms with van der Waals surface area (Å²) in [6.45, 7) is 2.71. The van der Waals surface area contributed by atoms with Gasteiger partial charge in [-0.05, 0) is 31.9 Å². The third kappa shape index (κ3) is 2.76. The Morgan fingerprint density at radius 3 is 2.85 bits per heavy atom. The van der Waals surface area contributed by atoms with Crippen LogP contribution in [0.4, 0.5) is 5.69 Å².